The number of hydrogen-bond donors (Lipinski definition) is 2. The number of esters is 1. The van der Waals surface area contributed by atoms with Crippen LogP contribution in [0.25, 0.3) is 0 Å². The number of aliphatic hydroxyl groups is 2. The molecule has 0 aliphatic carbocycles. The summed E-state index contributed by atoms with van der Waals surface area (Å²) in [4.78, 5) is 13.4. The monoisotopic (exact) mass is 506 g/mol. The van der Waals surface area contributed by atoms with Crippen LogP contribution in [0.5, 0.6) is 0 Å². The Bertz CT molecular complexity index is 860. The van der Waals surface area contributed by atoms with E-state index in [0.717, 1.165) is 12.0 Å². The first kappa shape index (κ1) is 28.8. The summed E-state index contributed by atoms with van der Waals surface area (Å²) in [7, 11) is 4.69. The molecule has 2 heterocycles. The number of methoxy groups -OCH3 is 3. The van der Waals surface area contributed by atoms with Gasteiger partial charge in [-0.3, -0.25) is 4.79 Å². The van der Waals surface area contributed by atoms with Crippen molar-refractivity contribution in [1.29, 1.82) is 0 Å². The third-order valence-corrected chi connectivity index (χ3v) is 7.78. The Morgan fingerprint density at radius 3 is 2.28 bits per heavy atom. The molecule has 2 aliphatic heterocycles. The molecule has 10 atom stereocenters. The SMILES string of the molecule is CO[C@@H]1[C@@H](O)[C@H](C)[C@H]2O[C@]1(O)[C@H](C)C(=O)O[C@@H](c1ccccc1)CCC[C@@H](OC)[C@H](OC)/C=C/[C@@H]2C. The van der Waals surface area contributed by atoms with Gasteiger partial charge in [0.05, 0.1) is 18.3 Å². The molecule has 8 heteroatoms. The first-order valence-corrected chi connectivity index (χ1v) is 12.8. The van der Waals surface area contributed by atoms with Crippen LogP contribution in [0.4, 0.5) is 0 Å². The highest BCUT2D eigenvalue weighted by Gasteiger charge is 2.58. The Kier molecular flexibility index (Phi) is 10.1. The lowest BCUT2D eigenvalue weighted by molar-refractivity contribution is -0.360. The summed E-state index contributed by atoms with van der Waals surface area (Å²) in [6.45, 7) is 5.34. The third-order valence-electron chi connectivity index (χ3n) is 7.78. The topological polar surface area (TPSA) is 104 Å². The van der Waals surface area contributed by atoms with Gasteiger partial charge in [0.1, 0.15) is 24.2 Å². The fraction of sp³-hybridized carbons (Fsp3) is 0.679. The number of benzene rings is 1. The van der Waals surface area contributed by atoms with Crippen molar-refractivity contribution in [3.05, 3.63) is 48.0 Å². The van der Waals surface area contributed by atoms with Crippen LogP contribution in [0.15, 0.2) is 42.5 Å². The molecule has 1 fully saturated rings. The summed E-state index contributed by atoms with van der Waals surface area (Å²) in [5.41, 5.74) is 0.861. The lowest BCUT2D eigenvalue weighted by atomic mass is 9.78. The third kappa shape index (κ3) is 6.01. The maximum atomic E-state index is 13.4. The van der Waals surface area contributed by atoms with Gasteiger partial charge in [-0.05, 0) is 31.7 Å². The minimum absolute atomic E-state index is 0.195. The Morgan fingerprint density at radius 2 is 1.67 bits per heavy atom. The minimum atomic E-state index is -2.08. The maximum absolute atomic E-state index is 13.4. The molecule has 0 radical (unpaired) electrons. The summed E-state index contributed by atoms with van der Waals surface area (Å²) < 4.78 is 29.2. The van der Waals surface area contributed by atoms with Crippen molar-refractivity contribution in [2.24, 2.45) is 17.8 Å². The standard InChI is InChI=1S/C28H42O8/c1-17-15-16-23(33-5)22(32-4)14-10-13-21(20-11-8-7-9-12-20)35-27(30)19(3)28(31)26(34-6)24(29)18(2)25(17)36-28/h7-9,11-12,15-19,21-26,29,31H,10,13-14H2,1-6H3/b16-15+/t17-,18-,19+,21+,22+,23+,24-,25-,26+,28+/m0/s1. The van der Waals surface area contributed by atoms with E-state index in [1.807, 2.05) is 56.3 Å². The molecule has 2 N–H and O–H groups in total. The molecule has 36 heavy (non-hydrogen) atoms. The Balaban J connectivity index is 2.03. The summed E-state index contributed by atoms with van der Waals surface area (Å²) in [6.07, 6.45) is 2.11. The molecule has 0 amide bonds. The molecular weight excluding hydrogens is 464 g/mol. The number of fused-ring (bicyclic) bond motifs is 2. The van der Waals surface area contributed by atoms with Gasteiger partial charge in [0, 0.05) is 33.2 Å². The average Bonchev–Trinajstić information content (AvgIpc) is 2.88. The van der Waals surface area contributed by atoms with Gasteiger partial charge in [-0.1, -0.05) is 56.3 Å². The van der Waals surface area contributed by atoms with E-state index in [1.165, 1.54) is 7.11 Å². The second-order valence-corrected chi connectivity index (χ2v) is 10.0. The maximum Gasteiger partial charge on any atom is 0.314 e. The molecule has 0 spiro atoms. The minimum Gasteiger partial charge on any atom is -0.457 e. The van der Waals surface area contributed by atoms with Gasteiger partial charge < -0.3 is 33.9 Å². The molecule has 8 nitrogen and oxygen atoms in total. The highest BCUT2D eigenvalue weighted by atomic mass is 16.7. The van der Waals surface area contributed by atoms with Crippen LogP contribution >= 0.6 is 0 Å². The van der Waals surface area contributed by atoms with Crippen LogP contribution in [0.1, 0.15) is 51.7 Å². The quantitative estimate of drug-likeness (QED) is 0.473. The number of carbonyl (C=O) groups is 1. The molecule has 0 aromatic heterocycles. The Morgan fingerprint density at radius 1 is 0.972 bits per heavy atom. The van der Waals surface area contributed by atoms with Crippen molar-refractivity contribution in [3.8, 4) is 0 Å². The predicted molar refractivity (Wildman–Crippen MR) is 134 cm³/mol. The smallest absolute Gasteiger partial charge is 0.314 e. The van der Waals surface area contributed by atoms with Crippen molar-refractivity contribution in [2.75, 3.05) is 21.3 Å². The number of aliphatic hydroxyl groups excluding tert-OH is 1. The number of cyclic esters (lactones) is 1. The van der Waals surface area contributed by atoms with Gasteiger partial charge in [-0.25, -0.2) is 0 Å². The second-order valence-electron chi connectivity index (χ2n) is 10.0. The van der Waals surface area contributed by atoms with Crippen LogP contribution in [-0.2, 0) is 28.5 Å². The van der Waals surface area contributed by atoms with Crippen molar-refractivity contribution < 1.29 is 38.7 Å². The van der Waals surface area contributed by atoms with Crippen LogP contribution < -0.4 is 0 Å². The average molecular weight is 507 g/mol. The molecule has 1 saturated heterocycles. The molecule has 3 rings (SSSR count). The highest BCUT2D eigenvalue weighted by Crippen LogP contribution is 2.42. The summed E-state index contributed by atoms with van der Waals surface area (Å²) >= 11 is 0. The van der Waals surface area contributed by atoms with Gasteiger partial charge in [-0.15, -0.1) is 0 Å². The van der Waals surface area contributed by atoms with Crippen LogP contribution in [0.2, 0.25) is 0 Å². The second kappa shape index (κ2) is 12.6. The van der Waals surface area contributed by atoms with E-state index >= 15 is 0 Å². The molecule has 0 saturated carbocycles. The molecule has 2 aliphatic rings. The fourth-order valence-corrected chi connectivity index (χ4v) is 5.39. The van der Waals surface area contributed by atoms with Crippen LogP contribution in [0, 0.1) is 17.8 Å². The van der Waals surface area contributed by atoms with Crippen molar-refractivity contribution in [2.45, 2.75) is 82.4 Å². The van der Waals surface area contributed by atoms with Crippen LogP contribution in [-0.4, -0.2) is 73.8 Å². The van der Waals surface area contributed by atoms with E-state index < -0.39 is 42.1 Å². The lowest BCUT2D eigenvalue weighted by Gasteiger charge is -2.51. The van der Waals surface area contributed by atoms with Crippen molar-refractivity contribution in [1.82, 2.24) is 0 Å². The molecule has 1 aromatic rings. The van der Waals surface area contributed by atoms with E-state index in [2.05, 4.69) is 0 Å². The first-order chi connectivity index (χ1) is 17.2. The summed E-state index contributed by atoms with van der Waals surface area (Å²) in [6, 6.07) is 9.53. The van der Waals surface area contributed by atoms with Crippen molar-refractivity contribution in [3.63, 3.8) is 0 Å². The van der Waals surface area contributed by atoms with E-state index in [-0.39, 0.29) is 24.0 Å². The largest absolute Gasteiger partial charge is 0.457 e. The number of hydrogen-bond acceptors (Lipinski definition) is 8. The Labute approximate surface area is 214 Å². The van der Waals surface area contributed by atoms with E-state index in [0.29, 0.717) is 12.8 Å². The molecule has 2 bridgehead atoms. The zero-order chi connectivity index (χ0) is 26.5. The van der Waals surface area contributed by atoms with E-state index in [4.69, 9.17) is 23.7 Å². The predicted octanol–water partition coefficient (Wildman–Crippen LogP) is 3.41. The number of rotatable bonds is 4. The van der Waals surface area contributed by atoms with E-state index in [1.54, 1.807) is 21.1 Å². The van der Waals surface area contributed by atoms with E-state index in [9.17, 15) is 15.0 Å². The highest BCUT2D eigenvalue weighted by molar-refractivity contribution is 5.73. The van der Waals surface area contributed by atoms with Gasteiger partial charge in [0.25, 0.3) is 0 Å². The van der Waals surface area contributed by atoms with Gasteiger partial charge in [0.15, 0.2) is 0 Å². The number of carbonyl (C=O) groups excluding carboxylic acids is 1. The zero-order valence-electron chi connectivity index (χ0n) is 22.2. The molecule has 202 valence electrons. The normalized spacial score (nSPS) is 41.6. The molecular formula is C28H42O8. The summed E-state index contributed by atoms with van der Waals surface area (Å²) in [5.74, 6) is -4.39. The van der Waals surface area contributed by atoms with Gasteiger partial charge >= 0.3 is 5.97 Å². The van der Waals surface area contributed by atoms with Crippen LogP contribution in [0.3, 0.4) is 0 Å². The first-order valence-electron chi connectivity index (χ1n) is 12.8. The fourth-order valence-electron chi connectivity index (χ4n) is 5.39. The van der Waals surface area contributed by atoms with Crippen molar-refractivity contribution >= 4 is 5.97 Å². The zero-order valence-corrected chi connectivity index (χ0v) is 22.2. The molecule has 0 unspecified atom stereocenters. The lowest BCUT2D eigenvalue weighted by Crippen LogP contribution is -2.66. The Hall–Kier alpha value is -1.81. The number of ether oxygens (including phenoxy) is 5. The molecule has 1 aromatic carbocycles. The summed E-state index contributed by atoms with van der Waals surface area (Å²) in [5, 5.41) is 22.8. The van der Waals surface area contributed by atoms with Gasteiger partial charge in [0.2, 0.25) is 5.79 Å². The van der Waals surface area contributed by atoms with Gasteiger partial charge in [-0.2, -0.15) is 0 Å².